The molecule has 0 aliphatic heterocycles. The number of halogens is 3. The molecule has 0 aromatic carbocycles. The van der Waals surface area contributed by atoms with Crippen molar-refractivity contribution in [1.29, 1.82) is 0 Å². The smallest absolute Gasteiger partial charge is 0.443 e. The minimum atomic E-state index is -4.45. The van der Waals surface area contributed by atoms with E-state index in [0.29, 0.717) is 22.6 Å². The largest absolute Gasteiger partial charge is 0.480 e. The first-order chi connectivity index (χ1) is 8.25. The minimum Gasteiger partial charge on any atom is -0.480 e. The molecule has 0 amide bonds. The molecule has 1 atom stereocenters. The van der Waals surface area contributed by atoms with Crippen LogP contribution in [0.25, 0.3) is 0 Å². The number of carbonyl (C=O) groups is 1. The summed E-state index contributed by atoms with van der Waals surface area (Å²) in [5.74, 6) is -0.986. The molecule has 0 bridgehead atoms. The number of thiazole rings is 1. The van der Waals surface area contributed by atoms with E-state index in [4.69, 9.17) is 5.11 Å². The van der Waals surface area contributed by atoms with Gasteiger partial charge >= 0.3 is 12.1 Å². The van der Waals surface area contributed by atoms with Crippen LogP contribution in [0.4, 0.5) is 13.2 Å². The average Bonchev–Trinajstić information content (AvgIpc) is 2.65. The Kier molecular flexibility index (Phi) is 4.69. The van der Waals surface area contributed by atoms with Gasteiger partial charge in [-0.1, -0.05) is 6.92 Å². The Hall–Kier alpha value is -1.15. The summed E-state index contributed by atoms with van der Waals surface area (Å²) < 4.78 is 37.0. The Morgan fingerprint density at radius 2 is 2.22 bits per heavy atom. The summed E-state index contributed by atoms with van der Waals surface area (Å²) in [6, 6.07) is -0.707. The summed E-state index contributed by atoms with van der Waals surface area (Å²) in [5, 5.41) is 8.01. The predicted molar refractivity (Wildman–Crippen MR) is 60.3 cm³/mol. The van der Waals surface area contributed by atoms with Crippen LogP contribution in [-0.4, -0.2) is 34.0 Å². The summed E-state index contributed by atoms with van der Waals surface area (Å²) in [4.78, 5) is 16.1. The number of likely N-dealkylation sites (N-methyl/N-ethyl adjacent to an activating group) is 1. The molecule has 1 N–H and O–H groups in total. The molecule has 0 unspecified atom stereocenters. The second-order valence-electron chi connectivity index (χ2n) is 3.81. The highest BCUT2D eigenvalue weighted by Gasteiger charge is 2.34. The minimum absolute atomic E-state index is 0.137. The molecule has 1 aromatic heterocycles. The van der Waals surface area contributed by atoms with Gasteiger partial charge in [-0.25, -0.2) is 4.98 Å². The zero-order valence-corrected chi connectivity index (χ0v) is 10.7. The molecule has 0 saturated carbocycles. The molecular weight excluding hydrogens is 269 g/mol. The van der Waals surface area contributed by atoms with E-state index >= 15 is 0 Å². The average molecular weight is 282 g/mol. The highest BCUT2D eigenvalue weighted by atomic mass is 32.1. The van der Waals surface area contributed by atoms with Crippen LogP contribution in [-0.2, 0) is 17.5 Å². The van der Waals surface area contributed by atoms with E-state index in [0.717, 1.165) is 6.20 Å². The lowest BCUT2D eigenvalue weighted by atomic mass is 10.2. The lowest BCUT2D eigenvalue weighted by Crippen LogP contribution is -2.37. The van der Waals surface area contributed by atoms with Gasteiger partial charge in [0.25, 0.3) is 0 Å². The van der Waals surface area contributed by atoms with Crippen molar-refractivity contribution < 1.29 is 23.1 Å². The second-order valence-corrected chi connectivity index (χ2v) is 4.92. The Morgan fingerprint density at radius 1 is 1.61 bits per heavy atom. The van der Waals surface area contributed by atoms with Gasteiger partial charge in [0.2, 0.25) is 0 Å². The van der Waals surface area contributed by atoms with Gasteiger partial charge in [-0.05, 0) is 13.5 Å². The fourth-order valence-corrected chi connectivity index (χ4v) is 2.39. The van der Waals surface area contributed by atoms with Gasteiger partial charge in [-0.2, -0.15) is 13.2 Å². The fourth-order valence-electron chi connectivity index (χ4n) is 1.54. The lowest BCUT2D eigenvalue weighted by Gasteiger charge is -2.22. The van der Waals surface area contributed by atoms with E-state index in [1.807, 2.05) is 0 Å². The monoisotopic (exact) mass is 282 g/mol. The van der Waals surface area contributed by atoms with Crippen LogP contribution in [0, 0.1) is 0 Å². The SMILES string of the molecule is CC[C@@H](C(=O)O)N(C)Cc1cnc(C(F)(F)F)s1. The van der Waals surface area contributed by atoms with Gasteiger partial charge in [-0.15, -0.1) is 11.3 Å². The van der Waals surface area contributed by atoms with Crippen LogP contribution in [0.5, 0.6) is 0 Å². The molecule has 102 valence electrons. The molecule has 0 fully saturated rings. The Morgan fingerprint density at radius 3 is 2.61 bits per heavy atom. The van der Waals surface area contributed by atoms with Crippen LogP contribution in [0.2, 0.25) is 0 Å². The van der Waals surface area contributed by atoms with Crippen molar-refractivity contribution in [3.63, 3.8) is 0 Å². The molecule has 8 heteroatoms. The molecule has 0 spiro atoms. The number of nitrogens with zero attached hydrogens (tertiary/aromatic N) is 2. The molecule has 0 radical (unpaired) electrons. The number of alkyl halides is 3. The molecule has 0 aliphatic carbocycles. The summed E-state index contributed by atoms with van der Waals surface area (Å²) in [6.45, 7) is 1.85. The van der Waals surface area contributed by atoms with Crippen molar-refractivity contribution in [2.75, 3.05) is 7.05 Å². The molecule has 4 nitrogen and oxygen atoms in total. The lowest BCUT2D eigenvalue weighted by molar-refractivity contribution is -0.143. The number of carboxylic acids is 1. The Balaban J connectivity index is 2.73. The van der Waals surface area contributed by atoms with Gasteiger partial charge in [0.15, 0.2) is 5.01 Å². The zero-order chi connectivity index (χ0) is 13.9. The van der Waals surface area contributed by atoms with E-state index in [1.165, 1.54) is 4.90 Å². The second kappa shape index (κ2) is 5.66. The molecule has 0 saturated heterocycles. The maximum atomic E-state index is 12.3. The number of aliphatic carboxylic acids is 1. The van der Waals surface area contributed by atoms with Crippen molar-refractivity contribution in [2.24, 2.45) is 0 Å². The first-order valence-corrected chi connectivity index (χ1v) is 6.02. The van der Waals surface area contributed by atoms with Crippen LogP contribution < -0.4 is 0 Å². The van der Waals surface area contributed by atoms with E-state index < -0.39 is 23.2 Å². The third-order valence-electron chi connectivity index (χ3n) is 2.41. The summed E-state index contributed by atoms with van der Waals surface area (Å²) in [6.07, 6.45) is -2.92. The van der Waals surface area contributed by atoms with Crippen molar-refractivity contribution in [3.8, 4) is 0 Å². The van der Waals surface area contributed by atoms with Crippen molar-refractivity contribution in [1.82, 2.24) is 9.88 Å². The van der Waals surface area contributed by atoms with Gasteiger partial charge in [0.1, 0.15) is 6.04 Å². The predicted octanol–water partition coefficient (Wildman–Crippen LogP) is 2.46. The number of aromatic nitrogens is 1. The highest BCUT2D eigenvalue weighted by Crippen LogP contribution is 2.32. The zero-order valence-electron chi connectivity index (χ0n) is 9.86. The maximum Gasteiger partial charge on any atom is 0.443 e. The van der Waals surface area contributed by atoms with Crippen molar-refractivity contribution in [2.45, 2.75) is 32.1 Å². The van der Waals surface area contributed by atoms with Gasteiger partial charge < -0.3 is 5.11 Å². The van der Waals surface area contributed by atoms with E-state index in [9.17, 15) is 18.0 Å². The summed E-state index contributed by atoms with van der Waals surface area (Å²) in [5.41, 5.74) is 0. The number of rotatable bonds is 5. The number of carboxylic acid groups (broad SMARTS) is 1. The van der Waals surface area contributed by atoms with Gasteiger partial charge in [-0.3, -0.25) is 9.69 Å². The third kappa shape index (κ3) is 3.67. The van der Waals surface area contributed by atoms with Crippen LogP contribution in [0.1, 0.15) is 23.2 Å². The Bertz CT molecular complexity index is 420. The molecule has 1 aromatic rings. The normalized spacial score (nSPS) is 13.9. The third-order valence-corrected chi connectivity index (χ3v) is 3.43. The van der Waals surface area contributed by atoms with Gasteiger partial charge in [0, 0.05) is 17.6 Å². The van der Waals surface area contributed by atoms with E-state index in [1.54, 1.807) is 14.0 Å². The molecule has 0 aliphatic rings. The number of hydrogen-bond donors (Lipinski definition) is 1. The summed E-state index contributed by atoms with van der Waals surface area (Å²) in [7, 11) is 1.56. The Labute approximate surface area is 106 Å². The molecule has 1 heterocycles. The van der Waals surface area contributed by atoms with Crippen molar-refractivity contribution >= 4 is 17.3 Å². The first kappa shape index (κ1) is 14.9. The standard InChI is InChI=1S/C10H13F3N2O2S/c1-3-7(8(16)17)15(2)5-6-4-14-9(18-6)10(11,12)13/h4,7H,3,5H2,1-2H3,(H,16,17)/t7-/m0/s1. The van der Waals surface area contributed by atoms with Crippen LogP contribution in [0.3, 0.4) is 0 Å². The molecule has 18 heavy (non-hydrogen) atoms. The molecular formula is C10H13F3N2O2S. The highest BCUT2D eigenvalue weighted by molar-refractivity contribution is 7.11. The quantitative estimate of drug-likeness (QED) is 0.901. The van der Waals surface area contributed by atoms with Crippen LogP contribution in [0.15, 0.2) is 6.20 Å². The topological polar surface area (TPSA) is 53.4 Å². The fraction of sp³-hybridized carbons (Fsp3) is 0.600. The van der Waals surface area contributed by atoms with Crippen molar-refractivity contribution in [3.05, 3.63) is 16.1 Å². The van der Waals surface area contributed by atoms with Gasteiger partial charge in [0.05, 0.1) is 0 Å². The van der Waals surface area contributed by atoms with E-state index in [2.05, 4.69) is 4.98 Å². The molecule has 1 rings (SSSR count). The number of hydrogen-bond acceptors (Lipinski definition) is 4. The first-order valence-electron chi connectivity index (χ1n) is 5.20. The van der Waals surface area contributed by atoms with Crippen LogP contribution >= 0.6 is 11.3 Å². The van der Waals surface area contributed by atoms with E-state index in [-0.39, 0.29) is 6.54 Å². The maximum absolute atomic E-state index is 12.3. The summed E-state index contributed by atoms with van der Waals surface area (Å²) >= 11 is 0.537.